The molecule has 9 rings (SSSR count). The van der Waals surface area contributed by atoms with E-state index in [2.05, 4.69) is 78.4 Å². The lowest BCUT2D eigenvalue weighted by molar-refractivity contribution is -0.137. The standard InChI is InChI=1S/C68H83F4N23O8/c69-37-9-13-46-41(25-37)34(29-85-46)21-53-61(100)93-54(22-35-30-86-47-14-10-38(70)26-42(35)47)62(101)94-55(23-36-31-87-48-15-11-39(71)27-43(36)48)63(102)95-57(45-32-88-49-16-12-40(72)28-44(45)49)64(103)91-52(8-4-20-84-68(79)80)60(99)90-51(7-3-19-83-67(77)78)59(98)89-50(6-2-18-82-66(75)76)56(96)24-33(58(97)92-53)5-1-17-81-65(73)74/h9-16,25-33,50-55,57,85-88H,1-8,17-24H2,(H,89,98)(H,90,99)(H,91,103)(H,92,97)(H,93,100)(H,94,101)(H,95,102)(H4,73,74,81)(H4,75,76,82)(H4,77,78,83)(H4,79,80,84)/t33-,50+,51+,52+,53+,54+,55+,57+/m1/s1. The van der Waals surface area contributed by atoms with Gasteiger partial charge < -0.3 is 101 Å². The summed E-state index contributed by atoms with van der Waals surface area (Å²) >= 11 is 0. The van der Waals surface area contributed by atoms with Crippen molar-refractivity contribution in [2.45, 2.75) is 119 Å². The van der Waals surface area contributed by atoms with Crippen LogP contribution in [0.2, 0.25) is 0 Å². The smallest absolute Gasteiger partial charge is 0.247 e. The first-order chi connectivity index (χ1) is 49.3. The molecule has 4 aromatic heterocycles. The molecule has 0 bridgehead atoms. The third-order valence-electron chi connectivity index (χ3n) is 17.7. The van der Waals surface area contributed by atoms with Gasteiger partial charge in [0.1, 0.15) is 59.5 Å². The van der Waals surface area contributed by atoms with E-state index in [-0.39, 0.29) is 121 Å². The highest BCUT2D eigenvalue weighted by molar-refractivity contribution is 6.02. The number of nitrogens with two attached hydrogens (primary N) is 4. The molecule has 4 aromatic carbocycles. The van der Waals surface area contributed by atoms with Crippen molar-refractivity contribution in [3.8, 4) is 0 Å². The Labute approximate surface area is 585 Å². The molecule has 8 atom stereocenters. The number of Topliss-reactive ketones (excluding diaryl/α,β-unsaturated/α-hetero) is 1. The molecular formula is C68H83F4N23O8. The van der Waals surface area contributed by atoms with Crippen molar-refractivity contribution in [2.24, 2.45) is 28.9 Å². The Kier molecular flexibility index (Phi) is 25.3. The van der Waals surface area contributed by atoms with E-state index in [1.807, 2.05) is 0 Å². The average Bonchev–Trinajstić information content (AvgIpc) is 1.63. The summed E-state index contributed by atoms with van der Waals surface area (Å²) in [6.07, 6.45) is 3.10. The number of amides is 7. The van der Waals surface area contributed by atoms with Gasteiger partial charge in [0.25, 0.3) is 0 Å². The Morgan fingerprint density at radius 2 is 0.670 bits per heavy atom. The highest BCUT2D eigenvalue weighted by Gasteiger charge is 2.38. The molecule has 0 aliphatic carbocycles. The molecule has 1 aliphatic rings. The number of carbonyl (C=O) groups excluding carboxylic acids is 8. The maximum atomic E-state index is 15.7. The maximum Gasteiger partial charge on any atom is 0.247 e. The first kappa shape index (κ1) is 75.0. The lowest BCUT2D eigenvalue weighted by Crippen LogP contribution is -2.59. The van der Waals surface area contributed by atoms with Crippen LogP contribution in [0, 0.1) is 50.8 Å². The van der Waals surface area contributed by atoms with Crippen molar-refractivity contribution in [1.29, 1.82) is 21.6 Å². The quantitative estimate of drug-likeness (QED) is 0.0187. The summed E-state index contributed by atoms with van der Waals surface area (Å²) in [6.45, 7) is -0.0145. The van der Waals surface area contributed by atoms with Gasteiger partial charge in [-0.25, -0.2) is 17.6 Å². The molecule has 5 heterocycles. The minimum Gasteiger partial charge on any atom is -0.370 e. The third-order valence-corrected chi connectivity index (χ3v) is 17.7. The highest BCUT2D eigenvalue weighted by Crippen LogP contribution is 2.29. The Balaban J connectivity index is 1.21. The van der Waals surface area contributed by atoms with Gasteiger partial charge in [-0.3, -0.25) is 60.0 Å². The fraction of sp³-hybridized carbons (Fsp3) is 0.353. The number of halogens is 4. The lowest BCUT2D eigenvalue weighted by Gasteiger charge is -2.29. The third kappa shape index (κ3) is 20.5. The lowest BCUT2D eigenvalue weighted by atomic mass is 9.91. The SMILES string of the molecule is N=C(N)NCCC[C@@H]1CC(=O)[C@H](CCCNC(=N)N)NC(=O)[C@H](CCCNC(=N)N)NC(=O)[C@H](CCCNC(=N)N)NC(=O)[C@H](c2c[nH]c3ccc(F)cc23)NC(=O)[C@H](Cc2c[nH]c3ccc(F)cc23)NC(=O)[C@H](Cc2c[nH]c3ccc(F)cc23)NC(=O)[C@H](Cc2c[nH]c3ccc(F)cc23)NC1=O. The summed E-state index contributed by atoms with van der Waals surface area (Å²) in [5.41, 5.74) is 24.7. The molecule has 35 heteroatoms. The van der Waals surface area contributed by atoms with Crippen LogP contribution in [-0.2, 0) is 57.6 Å². The number of carbonyl (C=O) groups is 8. The van der Waals surface area contributed by atoms with Crippen LogP contribution in [0.3, 0.4) is 0 Å². The van der Waals surface area contributed by atoms with E-state index < -0.39 is 168 Å². The number of benzene rings is 4. The molecule has 8 aromatic rings. The summed E-state index contributed by atoms with van der Waals surface area (Å²) in [6, 6.07) is 3.17. The first-order valence-corrected chi connectivity index (χ1v) is 33.3. The van der Waals surface area contributed by atoms with Crippen LogP contribution < -0.4 is 81.4 Å². The van der Waals surface area contributed by atoms with Crippen LogP contribution in [0.5, 0.6) is 0 Å². The Hall–Kier alpha value is -12.2. The van der Waals surface area contributed by atoms with Gasteiger partial charge >= 0.3 is 0 Å². The molecule has 7 amide bonds. The van der Waals surface area contributed by atoms with Crippen LogP contribution in [0.15, 0.2) is 97.6 Å². The van der Waals surface area contributed by atoms with Crippen molar-refractivity contribution in [3.05, 3.63) is 143 Å². The fourth-order valence-electron chi connectivity index (χ4n) is 12.5. The number of hydrogen-bond acceptors (Lipinski definition) is 12. The summed E-state index contributed by atoms with van der Waals surface area (Å²) in [5.74, 6) is -13.8. The second-order valence-electron chi connectivity index (χ2n) is 25.2. The van der Waals surface area contributed by atoms with Gasteiger partial charge in [0.05, 0.1) is 6.04 Å². The van der Waals surface area contributed by atoms with Gasteiger partial charge in [0.15, 0.2) is 29.6 Å². The molecule has 103 heavy (non-hydrogen) atoms. The first-order valence-electron chi connectivity index (χ1n) is 33.3. The zero-order valence-electron chi connectivity index (χ0n) is 55.8. The van der Waals surface area contributed by atoms with Crippen molar-refractivity contribution in [2.75, 3.05) is 26.2 Å². The van der Waals surface area contributed by atoms with E-state index in [9.17, 15) is 0 Å². The van der Waals surface area contributed by atoms with Crippen molar-refractivity contribution in [3.63, 3.8) is 0 Å². The van der Waals surface area contributed by atoms with Crippen LogP contribution in [0.4, 0.5) is 17.6 Å². The van der Waals surface area contributed by atoms with Crippen LogP contribution in [0.25, 0.3) is 43.6 Å². The molecule has 31 nitrogen and oxygen atoms in total. The zero-order chi connectivity index (χ0) is 74.0. The van der Waals surface area contributed by atoms with E-state index in [1.54, 1.807) is 0 Å². The summed E-state index contributed by atoms with van der Waals surface area (Å²) in [7, 11) is 0. The van der Waals surface area contributed by atoms with Crippen LogP contribution in [0.1, 0.15) is 86.1 Å². The number of ketones is 1. The van der Waals surface area contributed by atoms with Crippen molar-refractivity contribution in [1.82, 2.24) is 78.4 Å². The predicted octanol–water partition coefficient (Wildman–Crippen LogP) is 1.60. The minimum atomic E-state index is -1.91. The zero-order valence-corrected chi connectivity index (χ0v) is 55.8. The van der Waals surface area contributed by atoms with E-state index in [4.69, 9.17) is 44.6 Å². The minimum absolute atomic E-state index is 0.00533. The second kappa shape index (κ2) is 34.7. The number of nitrogens with one attached hydrogen (secondary N) is 19. The Morgan fingerprint density at radius 3 is 1.07 bits per heavy atom. The van der Waals surface area contributed by atoms with Crippen LogP contribution in [-0.4, -0.2) is 153 Å². The van der Waals surface area contributed by atoms with Crippen molar-refractivity contribution >= 4 is 115 Å². The second-order valence-corrected chi connectivity index (χ2v) is 25.2. The number of guanidine groups is 4. The summed E-state index contributed by atoms with van der Waals surface area (Å²) in [5, 5.41) is 61.6. The maximum absolute atomic E-state index is 15.7. The molecule has 1 fully saturated rings. The fourth-order valence-corrected chi connectivity index (χ4v) is 12.5. The Bertz CT molecular complexity index is 4490. The molecular weight excluding hydrogens is 1340 g/mol. The molecule has 0 saturated carbocycles. The predicted molar refractivity (Wildman–Crippen MR) is 376 cm³/mol. The van der Waals surface area contributed by atoms with E-state index in [1.165, 1.54) is 85.5 Å². The number of H-pyrrole nitrogens is 4. The number of fused-ring (bicyclic) bond motifs is 4. The molecule has 0 spiro atoms. The molecule has 1 aliphatic heterocycles. The number of rotatable bonds is 23. The largest absolute Gasteiger partial charge is 0.370 e. The molecule has 1 saturated heterocycles. The van der Waals surface area contributed by atoms with Gasteiger partial charge in [0.2, 0.25) is 41.4 Å². The van der Waals surface area contributed by atoms with Gasteiger partial charge in [-0.15, -0.1) is 0 Å². The number of hydrogen-bond donors (Lipinski definition) is 23. The average molecular weight is 1430 g/mol. The topological polar surface area (TPSA) is 532 Å². The molecule has 546 valence electrons. The normalized spacial score (nSPS) is 20.0. The van der Waals surface area contributed by atoms with E-state index in [0.717, 1.165) is 12.1 Å². The molecule has 0 radical (unpaired) electrons. The van der Waals surface area contributed by atoms with Crippen LogP contribution >= 0.6 is 0 Å². The van der Waals surface area contributed by atoms with Gasteiger partial charge in [-0.1, -0.05) is 0 Å². The van der Waals surface area contributed by atoms with E-state index >= 15 is 55.9 Å². The summed E-state index contributed by atoms with van der Waals surface area (Å²) in [4.78, 5) is 135. The monoisotopic (exact) mass is 1430 g/mol. The van der Waals surface area contributed by atoms with Gasteiger partial charge in [0, 0.05) is 132 Å². The number of aromatic nitrogens is 4. The van der Waals surface area contributed by atoms with Gasteiger partial charge in [-0.2, -0.15) is 0 Å². The van der Waals surface area contributed by atoms with E-state index in [0.29, 0.717) is 21.9 Å². The van der Waals surface area contributed by atoms with Crippen molar-refractivity contribution < 1.29 is 55.9 Å². The number of aromatic amines is 4. The Morgan fingerprint density at radius 1 is 0.369 bits per heavy atom. The molecule has 27 N–H and O–H groups in total. The highest BCUT2D eigenvalue weighted by atomic mass is 19.1. The summed E-state index contributed by atoms with van der Waals surface area (Å²) < 4.78 is 60.9. The van der Waals surface area contributed by atoms with Gasteiger partial charge in [-0.05, 0) is 141 Å². The molecule has 0 unspecified atom stereocenters.